The maximum atomic E-state index is 13.9. The lowest BCUT2D eigenvalue weighted by Gasteiger charge is -2.17. The molecular formula is C93H89Cl4F13N12O22. The zero-order chi connectivity index (χ0) is 108. The molecular weight excluding hydrogens is 2030 g/mol. The van der Waals surface area contributed by atoms with Crippen LogP contribution in [0.2, 0.25) is 20.1 Å². The Morgan fingerprint density at radius 2 is 0.757 bits per heavy atom. The van der Waals surface area contributed by atoms with Gasteiger partial charge in [-0.15, -0.1) is 0 Å². The molecule has 11 rings (SSSR count). The van der Waals surface area contributed by atoms with E-state index in [1.165, 1.54) is 67.7 Å². The molecule has 0 fully saturated rings. The molecule has 51 heteroatoms. The standard InChI is InChI=1S/C23H22FN3O6.C18H17Cl2F3N2O3.C18H19F3N2O4.C17H15Cl2F3N2O3.C17H16F3N3O6/c1-14-10-15(12-16(24)11-14)19-13-17(21(28)23(30)26(19)2)22(29)25-8-5-9-33-20-7-4-3-6-18(20)27(31)32;1-9(3-4-10-5-6-12(19)13(20)7-10)24-16(27)11-8-14(18(21,22)23)25(2)17(28)15(11)26;1-11-5-3-6-12(9-11)27-8-4-7-22-16(25)13-10-14(18(19,20)21)23(2)17(26)15(13)24;1-24-13(17(20,21)22)8-10(14(25)16(24)27)15(26)23-6-2-3-9-4-5-11(18)12(19)7-9;1-22-13(17(18,19)20)9-12(14(24)16(22)26)15(25)21-6-3-7-29-11-5-2-4-10(8-11)23(27)28/h3-4,6-7,10-13,28H,5,8-9H2,1-2H3,(H,25,29);5-9,26H,3-4H2,1-2H3,(H,24,27);3,5-6,9-10,24H,4,7-8H2,1-2H3,(H,22,25);4-5,7-8,25H,2-3,6H2,1H3,(H,23,26);2,4-5,8-9,24H,3,6-7H2,1H3,(H,21,25). The molecule has 34 nitrogen and oxygen atoms in total. The molecule has 5 amide bonds. The Kier molecular flexibility index (Phi) is 41.0. The Morgan fingerprint density at radius 1 is 0.396 bits per heavy atom. The first-order valence-electron chi connectivity index (χ1n) is 42.2. The summed E-state index contributed by atoms with van der Waals surface area (Å²) in [5, 5.41) is 84.6. The number of benzene rings is 6. The third kappa shape index (κ3) is 32.2. The molecule has 0 saturated carbocycles. The highest BCUT2D eigenvalue weighted by Gasteiger charge is 2.40. The Bertz CT molecular complexity index is 6890. The van der Waals surface area contributed by atoms with Crippen molar-refractivity contribution in [3.8, 4) is 57.3 Å². The van der Waals surface area contributed by atoms with Crippen molar-refractivity contribution in [2.45, 2.75) is 96.5 Å². The molecule has 5 heterocycles. The van der Waals surface area contributed by atoms with Gasteiger partial charge in [-0.05, 0) is 185 Å². The zero-order valence-corrected chi connectivity index (χ0v) is 79.7. The van der Waals surface area contributed by atoms with E-state index >= 15 is 0 Å². The van der Waals surface area contributed by atoms with Crippen LogP contribution in [0.15, 0.2) is 182 Å². The Morgan fingerprint density at radius 3 is 1.14 bits per heavy atom. The zero-order valence-electron chi connectivity index (χ0n) is 76.7. The van der Waals surface area contributed by atoms with Gasteiger partial charge in [-0.25, -0.2) is 4.39 Å². The minimum absolute atomic E-state index is 0.0379. The number of pyridine rings is 5. The topological polar surface area (TPSA) is 471 Å². The summed E-state index contributed by atoms with van der Waals surface area (Å²) < 4.78 is 188. The molecule has 0 spiro atoms. The summed E-state index contributed by atoms with van der Waals surface area (Å²) in [6, 6.07) is 35.8. The number of halogens is 17. The number of alkyl halides is 12. The molecule has 5 aromatic heterocycles. The largest absolute Gasteiger partial charge is 0.502 e. The lowest BCUT2D eigenvalue weighted by atomic mass is 10.0. The molecule has 0 radical (unpaired) electrons. The van der Waals surface area contributed by atoms with Crippen LogP contribution in [0.1, 0.15) is 136 Å². The fourth-order valence-corrected chi connectivity index (χ4v) is 13.7. The van der Waals surface area contributed by atoms with Crippen LogP contribution in [0.5, 0.6) is 46.0 Å². The van der Waals surface area contributed by atoms with Crippen molar-refractivity contribution in [3.05, 3.63) is 328 Å². The molecule has 11 aromatic rings. The first kappa shape index (κ1) is 116. The minimum atomic E-state index is -4.89. The monoisotopic (exact) mass is 2110 g/mol. The minimum Gasteiger partial charge on any atom is -0.502 e. The van der Waals surface area contributed by atoms with E-state index in [4.69, 9.17) is 60.6 Å². The number of nitrogens with zero attached hydrogens (tertiary/aromatic N) is 7. The van der Waals surface area contributed by atoms with Crippen molar-refractivity contribution in [2.24, 2.45) is 35.2 Å². The number of rotatable bonds is 31. The second kappa shape index (κ2) is 51.0. The Balaban J connectivity index is 0.000000245. The number of carbonyl (C=O) groups is 5. The summed E-state index contributed by atoms with van der Waals surface area (Å²) in [7, 11) is 4.85. The number of para-hydroxylation sites is 2. The number of nitrogens with one attached hydrogen (secondary N) is 5. The maximum Gasteiger partial charge on any atom is 0.431 e. The number of amides is 5. The molecule has 0 aliphatic carbocycles. The van der Waals surface area contributed by atoms with Crippen LogP contribution in [0.4, 0.5) is 68.5 Å². The Hall–Kier alpha value is -15.1. The van der Waals surface area contributed by atoms with Crippen LogP contribution in [-0.2, 0) is 72.8 Å². The van der Waals surface area contributed by atoms with Gasteiger partial charge in [0.25, 0.3) is 63.0 Å². The number of hydrogen-bond acceptors (Lipinski definition) is 22. The smallest absolute Gasteiger partial charge is 0.431 e. The van der Waals surface area contributed by atoms with Gasteiger partial charge < -0.3 is 89.2 Å². The average Bonchev–Trinajstić information content (AvgIpc) is 0.792. The molecule has 6 aromatic carbocycles. The number of non-ortho nitro benzene ring substituents is 1. The van der Waals surface area contributed by atoms with Gasteiger partial charge in [0, 0.05) is 85.2 Å². The normalized spacial score (nSPS) is 11.4. The van der Waals surface area contributed by atoms with Gasteiger partial charge in [0.1, 0.15) is 40.1 Å². The van der Waals surface area contributed by atoms with E-state index in [1.54, 1.807) is 68.4 Å². The van der Waals surface area contributed by atoms with Crippen LogP contribution in [0.25, 0.3) is 11.3 Å². The average molecular weight is 2120 g/mol. The maximum absolute atomic E-state index is 13.9. The fraction of sp³-hybridized carbons (Fsp3) is 0.290. The highest BCUT2D eigenvalue weighted by Crippen LogP contribution is 2.37. The first-order valence-corrected chi connectivity index (χ1v) is 43.7. The molecule has 772 valence electrons. The van der Waals surface area contributed by atoms with Gasteiger partial charge >= 0.3 is 30.4 Å². The van der Waals surface area contributed by atoms with Crippen molar-refractivity contribution < 1.29 is 131 Å². The summed E-state index contributed by atoms with van der Waals surface area (Å²) in [6.45, 7) is 6.00. The molecule has 0 aliphatic heterocycles. The van der Waals surface area contributed by atoms with E-state index < -0.39 is 178 Å². The number of aromatic hydroxyl groups is 5. The van der Waals surface area contributed by atoms with Gasteiger partial charge in [-0.3, -0.25) is 68.2 Å². The summed E-state index contributed by atoms with van der Waals surface area (Å²) in [4.78, 5) is 141. The number of hydrogen-bond donors (Lipinski definition) is 10. The molecule has 0 aliphatic rings. The van der Waals surface area contributed by atoms with E-state index in [9.17, 15) is 151 Å². The quantitative estimate of drug-likeness (QED) is 0.00835. The highest BCUT2D eigenvalue weighted by atomic mass is 35.5. The van der Waals surface area contributed by atoms with E-state index in [-0.39, 0.29) is 105 Å². The van der Waals surface area contributed by atoms with Crippen LogP contribution >= 0.6 is 46.4 Å². The number of aryl methyl sites for hydroxylation is 4. The summed E-state index contributed by atoms with van der Waals surface area (Å²) >= 11 is 23.5. The molecule has 0 bridgehead atoms. The van der Waals surface area contributed by atoms with Crippen molar-refractivity contribution >= 4 is 87.3 Å². The molecule has 10 N–H and O–H groups in total. The predicted molar refractivity (Wildman–Crippen MR) is 500 cm³/mol. The summed E-state index contributed by atoms with van der Waals surface area (Å²) in [5.41, 5.74) is -10.8. The van der Waals surface area contributed by atoms with Crippen molar-refractivity contribution in [2.75, 3.05) is 46.0 Å². The van der Waals surface area contributed by atoms with E-state index in [1.807, 2.05) is 25.1 Å². The van der Waals surface area contributed by atoms with Gasteiger partial charge in [-0.1, -0.05) is 88.9 Å². The third-order valence-corrected chi connectivity index (χ3v) is 22.1. The van der Waals surface area contributed by atoms with Gasteiger partial charge in [0.2, 0.25) is 0 Å². The fourth-order valence-electron chi connectivity index (χ4n) is 13.1. The lowest BCUT2D eigenvalue weighted by Crippen LogP contribution is -2.35. The van der Waals surface area contributed by atoms with Gasteiger partial charge in [-0.2, -0.15) is 52.7 Å². The number of aromatic nitrogens is 5. The highest BCUT2D eigenvalue weighted by molar-refractivity contribution is 6.42. The van der Waals surface area contributed by atoms with Crippen molar-refractivity contribution in [1.82, 2.24) is 49.4 Å². The number of nitro benzene ring substituents is 2. The molecule has 1 atom stereocenters. The van der Waals surface area contributed by atoms with Crippen LogP contribution < -0.4 is 68.6 Å². The Labute approximate surface area is 826 Å². The lowest BCUT2D eigenvalue weighted by molar-refractivity contribution is -0.385. The van der Waals surface area contributed by atoms with Gasteiger partial charge in [0.05, 0.1) is 89.3 Å². The SMILES string of the molecule is CC(CCc1ccc(Cl)c(Cl)c1)NC(=O)c1cc(C(F)(F)F)n(C)c(=O)c1O.Cc1cc(F)cc(-c2cc(C(=O)NCCCOc3ccccc3[N+](=O)[O-])c(O)c(=O)n2C)c1.Cc1cccc(OCCCNC(=O)c2cc(C(F)(F)F)n(C)c(=O)c2O)c1.Cn1c(C(F)(F)F)cc(C(=O)NCCCOc2cccc([N+](=O)[O-])c2)c(O)c1=O.Cn1c(C(F)(F)F)cc(C(=O)NCCCc2ccc(Cl)c(Cl)c2)c(O)c1=O. The number of nitro groups is 2. The third-order valence-electron chi connectivity index (χ3n) is 20.6. The van der Waals surface area contributed by atoms with E-state index in [0.717, 1.165) is 49.4 Å². The summed E-state index contributed by atoms with van der Waals surface area (Å²) in [6.07, 6.45) is -16.5. The first-order chi connectivity index (χ1) is 67.2. The van der Waals surface area contributed by atoms with Crippen LogP contribution in [0, 0.1) is 39.9 Å². The van der Waals surface area contributed by atoms with Crippen LogP contribution in [-0.4, -0.2) is 140 Å². The van der Waals surface area contributed by atoms with Crippen LogP contribution in [0.3, 0.4) is 0 Å². The van der Waals surface area contributed by atoms with E-state index in [2.05, 4.69) is 26.6 Å². The number of carbonyl (C=O) groups excluding carboxylic acids is 5. The predicted octanol–water partition coefficient (Wildman–Crippen LogP) is 16.1. The molecule has 1 unspecified atom stereocenters. The van der Waals surface area contributed by atoms with Gasteiger partial charge in [0.15, 0.2) is 34.5 Å². The second-order valence-corrected chi connectivity index (χ2v) is 32.9. The van der Waals surface area contributed by atoms with Crippen molar-refractivity contribution in [3.63, 3.8) is 0 Å². The van der Waals surface area contributed by atoms with E-state index in [0.29, 0.717) is 99.8 Å². The second-order valence-electron chi connectivity index (χ2n) is 31.2. The molecule has 0 saturated heterocycles. The van der Waals surface area contributed by atoms with Crippen molar-refractivity contribution in [1.29, 1.82) is 0 Å². The number of ether oxygens (including phenoxy) is 3. The molecule has 144 heavy (non-hydrogen) atoms. The summed E-state index contributed by atoms with van der Waals surface area (Å²) in [5.74, 6) is -9.03.